The van der Waals surface area contributed by atoms with Crippen molar-refractivity contribution in [3.63, 3.8) is 0 Å². The number of nitrogens with zero attached hydrogens (tertiary/aromatic N) is 1. The lowest BCUT2D eigenvalue weighted by Crippen LogP contribution is -2.41. The van der Waals surface area contributed by atoms with Crippen LogP contribution in [0.4, 0.5) is 18.9 Å². The van der Waals surface area contributed by atoms with Crippen molar-refractivity contribution in [2.75, 3.05) is 18.0 Å². The van der Waals surface area contributed by atoms with Crippen molar-refractivity contribution in [2.45, 2.75) is 25.6 Å². The van der Waals surface area contributed by atoms with Crippen molar-refractivity contribution in [3.8, 4) is 0 Å². The normalized spacial score (nSPS) is 18.7. The fourth-order valence-corrected chi connectivity index (χ4v) is 2.72. The average Bonchev–Trinajstić information content (AvgIpc) is 2.37. The van der Waals surface area contributed by atoms with E-state index in [1.807, 2.05) is 0 Å². The molecule has 8 heteroatoms. The number of rotatable bonds is 2. The summed E-state index contributed by atoms with van der Waals surface area (Å²) in [5.41, 5.74) is 7.04. The maximum Gasteiger partial charge on any atom is 0.393 e. The van der Waals surface area contributed by atoms with E-state index in [2.05, 4.69) is 0 Å². The summed E-state index contributed by atoms with van der Waals surface area (Å²) in [6.07, 6.45) is -3.42. The highest BCUT2D eigenvalue weighted by atomic mass is 35.5. The van der Waals surface area contributed by atoms with Crippen LogP contribution >= 0.6 is 36.4 Å². The molecule has 21 heavy (non-hydrogen) atoms. The van der Waals surface area contributed by atoms with E-state index in [-0.39, 0.29) is 37.8 Å². The number of benzene rings is 1. The molecule has 0 aromatic heterocycles. The molecule has 1 unspecified atom stereocenters. The molecule has 1 aliphatic heterocycles. The summed E-state index contributed by atoms with van der Waals surface area (Å²) in [7, 11) is 0. The van der Waals surface area contributed by atoms with Gasteiger partial charge in [-0.25, -0.2) is 0 Å². The SMILES string of the molecule is Cl.Cl.NCc1ccc(N2CCCC(C(F)(F)F)C2)c(Cl)c1. The summed E-state index contributed by atoms with van der Waals surface area (Å²) in [6, 6.07) is 5.27. The zero-order chi connectivity index (χ0) is 14.0. The highest BCUT2D eigenvalue weighted by Gasteiger charge is 2.42. The molecule has 0 saturated carbocycles. The monoisotopic (exact) mass is 364 g/mol. The van der Waals surface area contributed by atoms with Gasteiger partial charge in [-0.2, -0.15) is 13.2 Å². The highest BCUT2D eigenvalue weighted by Crippen LogP contribution is 2.36. The van der Waals surface area contributed by atoms with Crippen LogP contribution in [-0.2, 0) is 6.54 Å². The van der Waals surface area contributed by atoms with Crippen molar-refractivity contribution in [1.29, 1.82) is 0 Å². The van der Waals surface area contributed by atoms with Gasteiger partial charge in [0.25, 0.3) is 0 Å². The van der Waals surface area contributed by atoms with Crippen LogP contribution in [0.3, 0.4) is 0 Å². The van der Waals surface area contributed by atoms with Crippen LogP contribution in [0.5, 0.6) is 0 Å². The summed E-state index contributed by atoms with van der Waals surface area (Å²) >= 11 is 6.13. The molecule has 0 spiro atoms. The fraction of sp³-hybridized carbons (Fsp3) is 0.538. The first-order chi connectivity index (χ1) is 8.91. The Hall–Kier alpha value is -0.360. The van der Waals surface area contributed by atoms with Crippen molar-refractivity contribution < 1.29 is 13.2 Å². The van der Waals surface area contributed by atoms with E-state index in [9.17, 15) is 13.2 Å². The number of nitrogens with two attached hydrogens (primary N) is 1. The quantitative estimate of drug-likeness (QED) is 0.840. The van der Waals surface area contributed by atoms with E-state index >= 15 is 0 Å². The smallest absolute Gasteiger partial charge is 0.370 e. The van der Waals surface area contributed by atoms with Gasteiger partial charge in [0, 0.05) is 19.6 Å². The Bertz CT molecular complexity index is 455. The van der Waals surface area contributed by atoms with Crippen LogP contribution < -0.4 is 10.6 Å². The molecule has 0 radical (unpaired) electrons. The summed E-state index contributed by atoms with van der Waals surface area (Å²) < 4.78 is 38.3. The molecule has 1 fully saturated rings. The Labute approximate surface area is 139 Å². The van der Waals surface area contributed by atoms with E-state index in [1.165, 1.54) is 0 Å². The molecule has 1 aliphatic rings. The Kier molecular flexibility index (Phi) is 8.18. The van der Waals surface area contributed by atoms with E-state index in [0.29, 0.717) is 30.2 Å². The van der Waals surface area contributed by atoms with Gasteiger partial charge in [0.1, 0.15) is 0 Å². The molecule has 0 bridgehead atoms. The summed E-state index contributed by atoms with van der Waals surface area (Å²) in [5, 5.41) is 0.464. The number of piperidine rings is 1. The Morgan fingerprint density at radius 1 is 1.29 bits per heavy atom. The molecular weight excluding hydrogens is 348 g/mol. The van der Waals surface area contributed by atoms with E-state index in [4.69, 9.17) is 17.3 Å². The van der Waals surface area contributed by atoms with Gasteiger partial charge in [0.2, 0.25) is 0 Å². The van der Waals surface area contributed by atoms with Crippen molar-refractivity contribution in [1.82, 2.24) is 0 Å². The standard InChI is InChI=1S/C13H16ClF3N2.2ClH/c14-11-6-9(7-18)3-4-12(11)19-5-1-2-10(8-19)13(15,16)17;;/h3-4,6,10H,1-2,5,7-8,18H2;2*1H. The summed E-state index contributed by atoms with van der Waals surface area (Å²) in [5.74, 6) is -1.27. The minimum absolute atomic E-state index is 0. The van der Waals surface area contributed by atoms with Gasteiger partial charge in [-0.15, -0.1) is 24.8 Å². The van der Waals surface area contributed by atoms with Crippen molar-refractivity contribution in [3.05, 3.63) is 28.8 Å². The summed E-state index contributed by atoms with van der Waals surface area (Å²) in [6.45, 7) is 0.949. The number of anilines is 1. The number of alkyl halides is 3. The molecular formula is C13H18Cl3F3N2. The van der Waals surface area contributed by atoms with Crippen molar-refractivity contribution >= 4 is 42.1 Å². The molecule has 1 aromatic carbocycles. The van der Waals surface area contributed by atoms with Gasteiger partial charge in [0.15, 0.2) is 0 Å². The minimum Gasteiger partial charge on any atom is -0.370 e. The fourth-order valence-electron chi connectivity index (χ4n) is 2.40. The highest BCUT2D eigenvalue weighted by molar-refractivity contribution is 6.33. The average molecular weight is 366 g/mol. The molecule has 1 aromatic rings. The molecule has 2 rings (SSSR count). The third-order valence-electron chi connectivity index (χ3n) is 3.47. The number of hydrogen-bond acceptors (Lipinski definition) is 2. The van der Waals surface area contributed by atoms with Gasteiger partial charge in [0.05, 0.1) is 16.6 Å². The molecule has 2 nitrogen and oxygen atoms in total. The number of halogens is 6. The van der Waals surface area contributed by atoms with E-state index < -0.39 is 12.1 Å². The van der Waals surface area contributed by atoms with Crippen LogP contribution in [0.15, 0.2) is 18.2 Å². The Morgan fingerprint density at radius 2 is 1.95 bits per heavy atom. The lowest BCUT2D eigenvalue weighted by Gasteiger charge is -2.35. The number of hydrogen-bond donors (Lipinski definition) is 1. The topological polar surface area (TPSA) is 29.3 Å². The van der Waals surface area contributed by atoms with Crippen LogP contribution in [-0.4, -0.2) is 19.3 Å². The predicted molar refractivity (Wildman–Crippen MR) is 84.8 cm³/mol. The second-order valence-corrected chi connectivity index (χ2v) is 5.22. The molecule has 122 valence electrons. The summed E-state index contributed by atoms with van der Waals surface area (Å²) in [4.78, 5) is 1.71. The predicted octanol–water partition coefficient (Wildman–Crippen LogP) is 4.42. The van der Waals surface area contributed by atoms with E-state index in [1.54, 1.807) is 23.1 Å². The molecule has 0 aliphatic carbocycles. The van der Waals surface area contributed by atoms with Crippen molar-refractivity contribution in [2.24, 2.45) is 11.7 Å². The second-order valence-electron chi connectivity index (χ2n) is 4.82. The van der Waals surface area contributed by atoms with Crippen LogP contribution in [0.25, 0.3) is 0 Å². The maximum atomic E-state index is 12.8. The lowest BCUT2D eigenvalue weighted by atomic mass is 9.97. The Balaban J connectivity index is 0.00000200. The molecule has 0 amide bonds. The second kappa shape index (κ2) is 8.32. The minimum atomic E-state index is -4.14. The van der Waals surface area contributed by atoms with E-state index in [0.717, 1.165) is 5.56 Å². The first-order valence-electron chi connectivity index (χ1n) is 6.22. The lowest BCUT2D eigenvalue weighted by molar-refractivity contribution is -0.175. The molecule has 2 N–H and O–H groups in total. The largest absolute Gasteiger partial charge is 0.393 e. The van der Waals surface area contributed by atoms with Gasteiger partial charge >= 0.3 is 6.18 Å². The van der Waals surface area contributed by atoms with Gasteiger partial charge in [-0.1, -0.05) is 17.7 Å². The van der Waals surface area contributed by atoms with Crippen LogP contribution in [0.2, 0.25) is 5.02 Å². The first-order valence-corrected chi connectivity index (χ1v) is 6.59. The third-order valence-corrected chi connectivity index (χ3v) is 3.78. The van der Waals surface area contributed by atoms with Crippen LogP contribution in [0, 0.1) is 5.92 Å². The molecule has 1 heterocycles. The zero-order valence-corrected chi connectivity index (χ0v) is 13.6. The first kappa shape index (κ1) is 20.6. The van der Waals surface area contributed by atoms with Gasteiger partial charge in [-0.3, -0.25) is 0 Å². The van der Waals surface area contributed by atoms with Gasteiger partial charge in [-0.05, 0) is 30.5 Å². The Morgan fingerprint density at radius 3 is 2.48 bits per heavy atom. The molecule has 1 atom stereocenters. The maximum absolute atomic E-state index is 12.8. The van der Waals surface area contributed by atoms with Gasteiger partial charge < -0.3 is 10.6 Å². The third kappa shape index (κ3) is 5.09. The van der Waals surface area contributed by atoms with Crippen LogP contribution in [0.1, 0.15) is 18.4 Å². The zero-order valence-electron chi connectivity index (χ0n) is 11.2. The molecule has 1 saturated heterocycles.